The molecule has 15 nitrogen and oxygen atoms in total. The number of benzene rings is 1. The molecule has 0 bridgehead atoms. The van der Waals surface area contributed by atoms with E-state index in [9.17, 15) is 19.9 Å². The molecule has 190 valence electrons. The number of aliphatic hydroxyl groups is 2. The number of anilines is 1. The Morgan fingerprint density at radius 3 is 2.60 bits per heavy atom. The number of hydrogen-bond donors (Lipinski definition) is 6. The van der Waals surface area contributed by atoms with Crippen molar-refractivity contribution in [3.8, 4) is 17.2 Å². The highest BCUT2D eigenvalue weighted by atomic mass is 31.2. The number of ether oxygens (including phenoxy) is 3. The molecule has 16 heteroatoms. The van der Waals surface area contributed by atoms with Crippen molar-refractivity contribution in [2.75, 3.05) is 26.1 Å². The first-order valence-corrected chi connectivity index (χ1v) is 11.7. The second kappa shape index (κ2) is 9.91. The van der Waals surface area contributed by atoms with E-state index < -0.39 is 39.0 Å². The summed E-state index contributed by atoms with van der Waals surface area (Å²) in [7, 11) is -1.89. The van der Waals surface area contributed by atoms with Gasteiger partial charge in [0.15, 0.2) is 34.7 Å². The van der Waals surface area contributed by atoms with Crippen molar-refractivity contribution in [2.24, 2.45) is 0 Å². The Kier molecular flexibility index (Phi) is 7.10. The van der Waals surface area contributed by atoms with E-state index in [4.69, 9.17) is 24.0 Å². The van der Waals surface area contributed by atoms with Gasteiger partial charge in [-0.25, -0.2) is 19.5 Å². The van der Waals surface area contributed by atoms with Gasteiger partial charge in [0, 0.05) is 18.2 Å². The zero-order chi connectivity index (χ0) is 25.3. The van der Waals surface area contributed by atoms with Gasteiger partial charge in [0.2, 0.25) is 0 Å². The number of aromatic nitrogens is 4. The smallest absolute Gasteiger partial charge is 0.469 e. The van der Waals surface area contributed by atoms with Gasteiger partial charge in [0.05, 0.1) is 27.2 Å². The van der Waals surface area contributed by atoms with E-state index in [0.717, 1.165) is 0 Å². The quantitative estimate of drug-likeness (QED) is 0.206. The summed E-state index contributed by atoms with van der Waals surface area (Å²) in [6.07, 6.45) is -2.69. The molecule has 0 aliphatic carbocycles. The summed E-state index contributed by atoms with van der Waals surface area (Å²) >= 11 is 0. The maximum Gasteiger partial charge on any atom is 0.469 e. The third kappa shape index (κ3) is 5.16. The summed E-state index contributed by atoms with van der Waals surface area (Å²) in [6, 6.07) is 3.11. The Balaban J connectivity index is 1.57. The monoisotopic (exact) mass is 513 g/mol. The lowest BCUT2D eigenvalue weighted by Gasteiger charge is -2.17. The van der Waals surface area contributed by atoms with E-state index in [1.165, 1.54) is 37.5 Å². The van der Waals surface area contributed by atoms with E-state index in [0.29, 0.717) is 22.6 Å². The molecule has 1 aliphatic rings. The third-order valence-corrected chi connectivity index (χ3v) is 5.87. The molecule has 4 atom stereocenters. The number of nitrogens with zero attached hydrogens (tertiary/aromatic N) is 4. The van der Waals surface area contributed by atoms with Gasteiger partial charge in [-0.05, 0) is 6.07 Å². The zero-order valence-electron chi connectivity index (χ0n) is 18.5. The molecule has 4 rings (SSSR count). The topological polar surface area (TPSA) is 211 Å². The molecule has 1 saturated heterocycles. The molecule has 0 saturated carbocycles. The van der Waals surface area contributed by atoms with Gasteiger partial charge in [-0.3, -0.25) is 9.09 Å². The molecule has 35 heavy (non-hydrogen) atoms. The maximum atomic E-state index is 11.0. The number of nitrogens with one attached hydrogen (secondary N) is 1. The minimum absolute atomic E-state index is 0.0935. The second-order valence-electron chi connectivity index (χ2n) is 7.57. The van der Waals surface area contributed by atoms with Gasteiger partial charge in [-0.15, -0.1) is 0 Å². The Bertz CT molecular complexity index is 1250. The number of hydrogen-bond acceptors (Lipinski definition) is 12. The standard InChI is InChI=1S/C19H24N5O10P/c1-31-10-3-9(16(32-2)11(25)4-10)5-20-17-13-18(22-7-21-17)24(8-23-13)19-15(27)14(26)12(34-19)6-33-35(28,29)30/h3-4,7-8,12,14-15,19,25-27H,5-6H2,1-2H3,(H,20,21,22)(H2,28,29,30)/t12-,14-,15-,19-/m1/s1. The fourth-order valence-electron chi connectivity index (χ4n) is 3.74. The third-order valence-electron chi connectivity index (χ3n) is 5.38. The minimum atomic E-state index is -4.79. The predicted octanol–water partition coefficient (Wildman–Crippen LogP) is -0.110. The number of phosphoric ester groups is 1. The summed E-state index contributed by atoms with van der Waals surface area (Å²) in [5, 5.41) is 34.0. The van der Waals surface area contributed by atoms with Crippen LogP contribution in [0.4, 0.5) is 5.82 Å². The molecule has 1 aliphatic heterocycles. The predicted molar refractivity (Wildman–Crippen MR) is 118 cm³/mol. The SMILES string of the molecule is COc1cc(O)c(OC)c(CNc2ncnc3c2ncn3[C@@H]2O[C@H](COP(=O)(O)O)[C@@H](O)[C@H]2O)c1. The van der Waals surface area contributed by atoms with Crippen molar-refractivity contribution < 1.29 is 48.4 Å². The first-order chi connectivity index (χ1) is 16.6. The van der Waals surface area contributed by atoms with E-state index >= 15 is 0 Å². The number of phosphoric acid groups is 1. The molecule has 0 radical (unpaired) electrons. The maximum absolute atomic E-state index is 11.0. The van der Waals surface area contributed by atoms with Crippen molar-refractivity contribution in [1.82, 2.24) is 19.5 Å². The van der Waals surface area contributed by atoms with Gasteiger partial charge in [-0.1, -0.05) is 0 Å². The molecule has 0 unspecified atom stereocenters. The highest BCUT2D eigenvalue weighted by molar-refractivity contribution is 7.46. The number of aliphatic hydroxyl groups excluding tert-OH is 2. The molecule has 1 fully saturated rings. The van der Waals surface area contributed by atoms with Crippen LogP contribution in [0.5, 0.6) is 17.2 Å². The number of phenols is 1. The van der Waals surface area contributed by atoms with E-state index in [1.807, 2.05) is 0 Å². The average Bonchev–Trinajstić information content (AvgIpc) is 3.36. The molecule has 3 heterocycles. The van der Waals surface area contributed by atoms with Crippen molar-refractivity contribution in [2.45, 2.75) is 31.1 Å². The molecule has 1 aromatic carbocycles. The lowest BCUT2D eigenvalue weighted by atomic mass is 10.1. The summed E-state index contributed by atoms with van der Waals surface area (Å²) in [6.45, 7) is -0.460. The molecule has 6 N–H and O–H groups in total. The summed E-state index contributed by atoms with van der Waals surface area (Å²) < 4.78 is 32.8. The minimum Gasteiger partial charge on any atom is -0.504 e. The average molecular weight is 513 g/mol. The number of aromatic hydroxyl groups is 1. The van der Waals surface area contributed by atoms with Gasteiger partial charge >= 0.3 is 7.82 Å². The number of fused-ring (bicyclic) bond motifs is 1. The van der Waals surface area contributed by atoms with Crippen LogP contribution in [0.25, 0.3) is 11.2 Å². The normalized spacial score (nSPS) is 22.5. The Morgan fingerprint density at radius 1 is 1.14 bits per heavy atom. The Hall–Kier alpha value is -3.04. The van der Waals surface area contributed by atoms with Gasteiger partial charge in [-0.2, -0.15) is 0 Å². The molecular formula is C19H24N5O10P. The Morgan fingerprint density at radius 2 is 1.91 bits per heavy atom. The van der Waals surface area contributed by atoms with Crippen LogP contribution in [0.15, 0.2) is 24.8 Å². The molecule has 0 spiro atoms. The summed E-state index contributed by atoms with van der Waals surface area (Å²) in [5.74, 6) is 0.922. The van der Waals surface area contributed by atoms with Crippen LogP contribution in [0, 0.1) is 0 Å². The number of phenolic OH excluding ortho intramolecular Hbond substituents is 1. The molecular weight excluding hydrogens is 489 g/mol. The highest BCUT2D eigenvalue weighted by Crippen LogP contribution is 2.39. The number of rotatable bonds is 9. The van der Waals surface area contributed by atoms with Crippen molar-refractivity contribution >= 4 is 24.8 Å². The van der Waals surface area contributed by atoms with Gasteiger partial charge in [0.25, 0.3) is 0 Å². The van der Waals surface area contributed by atoms with Crippen LogP contribution >= 0.6 is 7.82 Å². The van der Waals surface area contributed by atoms with Crippen LogP contribution < -0.4 is 14.8 Å². The largest absolute Gasteiger partial charge is 0.504 e. The summed E-state index contributed by atoms with van der Waals surface area (Å²) in [4.78, 5) is 30.4. The van der Waals surface area contributed by atoms with Crippen LogP contribution in [-0.4, -0.2) is 83.8 Å². The first kappa shape index (κ1) is 25.1. The summed E-state index contributed by atoms with van der Waals surface area (Å²) in [5.41, 5.74) is 1.16. The molecule has 0 amide bonds. The van der Waals surface area contributed by atoms with E-state index in [-0.39, 0.29) is 23.7 Å². The lowest BCUT2D eigenvalue weighted by Crippen LogP contribution is -2.33. The van der Waals surface area contributed by atoms with Gasteiger partial charge in [0.1, 0.15) is 30.4 Å². The van der Waals surface area contributed by atoms with Crippen molar-refractivity contribution in [3.05, 3.63) is 30.4 Å². The van der Waals surface area contributed by atoms with E-state index in [2.05, 4.69) is 24.8 Å². The number of methoxy groups -OCH3 is 2. The lowest BCUT2D eigenvalue weighted by molar-refractivity contribution is -0.0504. The fraction of sp³-hybridized carbons (Fsp3) is 0.421. The second-order valence-corrected chi connectivity index (χ2v) is 8.81. The van der Waals surface area contributed by atoms with Crippen molar-refractivity contribution in [3.63, 3.8) is 0 Å². The molecule has 2 aromatic heterocycles. The van der Waals surface area contributed by atoms with Crippen LogP contribution in [-0.2, 0) is 20.4 Å². The van der Waals surface area contributed by atoms with E-state index in [1.54, 1.807) is 6.07 Å². The van der Waals surface area contributed by atoms with Crippen LogP contribution in [0.2, 0.25) is 0 Å². The van der Waals surface area contributed by atoms with Crippen LogP contribution in [0.3, 0.4) is 0 Å². The first-order valence-electron chi connectivity index (χ1n) is 10.2. The highest BCUT2D eigenvalue weighted by Gasteiger charge is 2.45. The van der Waals surface area contributed by atoms with Gasteiger partial charge < -0.3 is 44.6 Å². The fourth-order valence-corrected chi connectivity index (χ4v) is 4.08. The van der Waals surface area contributed by atoms with Crippen LogP contribution in [0.1, 0.15) is 11.8 Å². The number of imidazole rings is 1. The Labute approximate surface area is 198 Å². The molecule has 3 aromatic rings. The zero-order valence-corrected chi connectivity index (χ0v) is 19.4. The van der Waals surface area contributed by atoms with Crippen molar-refractivity contribution in [1.29, 1.82) is 0 Å².